The van der Waals surface area contributed by atoms with Gasteiger partial charge in [0, 0.05) is 41.1 Å². The number of piperidine rings is 1. The summed E-state index contributed by atoms with van der Waals surface area (Å²) < 4.78 is 0. The molecule has 1 aromatic heterocycles. The highest BCUT2D eigenvalue weighted by atomic mass is 32.1. The van der Waals surface area contributed by atoms with Gasteiger partial charge < -0.3 is 15.4 Å². The molecule has 1 saturated heterocycles. The van der Waals surface area contributed by atoms with Crippen molar-refractivity contribution in [2.24, 2.45) is 0 Å². The van der Waals surface area contributed by atoms with E-state index in [-0.39, 0.29) is 6.61 Å². The summed E-state index contributed by atoms with van der Waals surface area (Å²) >= 11 is 5.23. The number of aromatic nitrogens is 1. The van der Waals surface area contributed by atoms with Gasteiger partial charge in [-0.25, -0.2) is 0 Å². The van der Waals surface area contributed by atoms with E-state index in [2.05, 4.69) is 47.2 Å². The van der Waals surface area contributed by atoms with Gasteiger partial charge in [0.1, 0.15) is 4.99 Å². The van der Waals surface area contributed by atoms with E-state index < -0.39 is 0 Å². The van der Waals surface area contributed by atoms with E-state index in [1.54, 1.807) is 0 Å². The second-order valence-corrected chi connectivity index (χ2v) is 8.02. The molecule has 1 aliphatic heterocycles. The van der Waals surface area contributed by atoms with Crippen molar-refractivity contribution in [1.29, 1.82) is 0 Å². The van der Waals surface area contributed by atoms with Gasteiger partial charge in [-0.1, -0.05) is 31.3 Å². The standard InChI is InChI=1S/C20H27N3OS/c1-3-7-23-10-13(22-19(25)11-24)8-16-14-5-4-6-17-20(14)15(9-18(16)23)12(2)21-17/h4-6,13,16,18,21,24H,3,7-11H2,1-2H3,(H,22,25)/t13-,16?,18+/m0/s1. The minimum atomic E-state index is -0.0650. The third kappa shape index (κ3) is 2.88. The van der Waals surface area contributed by atoms with Crippen molar-refractivity contribution >= 4 is 28.1 Å². The molecule has 4 nitrogen and oxygen atoms in total. The zero-order chi connectivity index (χ0) is 17.6. The van der Waals surface area contributed by atoms with Gasteiger partial charge >= 0.3 is 0 Å². The molecular formula is C20H27N3OS. The first kappa shape index (κ1) is 17.0. The van der Waals surface area contributed by atoms with Crippen molar-refractivity contribution in [2.75, 3.05) is 19.7 Å². The number of nitrogens with zero attached hydrogens (tertiary/aromatic N) is 1. The van der Waals surface area contributed by atoms with E-state index >= 15 is 0 Å². The second kappa shape index (κ2) is 6.71. The fraction of sp³-hybridized carbons (Fsp3) is 0.550. The number of H-pyrrole nitrogens is 1. The van der Waals surface area contributed by atoms with Crippen molar-refractivity contribution < 1.29 is 5.11 Å². The Morgan fingerprint density at radius 2 is 2.28 bits per heavy atom. The van der Waals surface area contributed by atoms with Crippen LogP contribution in [0.15, 0.2) is 18.2 Å². The number of hydrogen-bond donors (Lipinski definition) is 3. The molecule has 4 rings (SSSR count). The highest BCUT2D eigenvalue weighted by Crippen LogP contribution is 2.44. The van der Waals surface area contributed by atoms with Gasteiger partial charge in [-0.3, -0.25) is 4.90 Å². The number of aliphatic hydroxyl groups is 1. The molecule has 0 amide bonds. The van der Waals surface area contributed by atoms with Crippen molar-refractivity contribution in [3.05, 3.63) is 35.0 Å². The molecule has 3 N–H and O–H groups in total. The molecule has 1 aromatic carbocycles. The molecule has 3 atom stereocenters. The number of nitrogens with one attached hydrogen (secondary N) is 2. The van der Waals surface area contributed by atoms with Crippen molar-refractivity contribution in [3.8, 4) is 0 Å². The molecule has 2 aromatic rings. The highest BCUT2D eigenvalue weighted by molar-refractivity contribution is 7.80. The van der Waals surface area contributed by atoms with Crippen LogP contribution in [0.1, 0.15) is 42.5 Å². The fourth-order valence-corrected chi connectivity index (χ4v) is 5.15. The first-order chi connectivity index (χ1) is 12.1. The van der Waals surface area contributed by atoms with Gasteiger partial charge in [0.2, 0.25) is 0 Å². The Bertz CT molecular complexity index is 800. The SMILES string of the molecule is CCCN1C[C@@H](NC(=S)CO)CC2c3cccc4[nH]c(C)c(c34)C[C@H]21. The lowest BCUT2D eigenvalue weighted by molar-refractivity contribution is 0.104. The Hall–Kier alpha value is -1.43. The summed E-state index contributed by atoms with van der Waals surface area (Å²) in [6, 6.07) is 7.56. The maximum atomic E-state index is 9.30. The van der Waals surface area contributed by atoms with Crippen LogP contribution in [0.25, 0.3) is 10.9 Å². The maximum absolute atomic E-state index is 9.30. The van der Waals surface area contributed by atoms with Crippen LogP contribution in [-0.4, -0.2) is 51.8 Å². The van der Waals surface area contributed by atoms with Gasteiger partial charge in [-0.2, -0.15) is 0 Å². The molecule has 5 heteroatoms. The van der Waals surface area contributed by atoms with Crippen molar-refractivity contribution in [3.63, 3.8) is 0 Å². The summed E-state index contributed by atoms with van der Waals surface area (Å²) in [5.41, 5.74) is 5.58. The number of likely N-dealkylation sites (tertiary alicyclic amines) is 1. The monoisotopic (exact) mass is 357 g/mol. The van der Waals surface area contributed by atoms with Gasteiger partial charge in [0.25, 0.3) is 0 Å². The fourth-order valence-electron chi connectivity index (χ4n) is 4.99. The minimum absolute atomic E-state index is 0.0650. The summed E-state index contributed by atoms with van der Waals surface area (Å²) in [5.74, 6) is 0.519. The predicted octanol–water partition coefficient (Wildman–Crippen LogP) is 2.88. The maximum Gasteiger partial charge on any atom is 0.101 e. The molecule has 1 unspecified atom stereocenters. The average Bonchev–Trinajstić information content (AvgIpc) is 2.93. The van der Waals surface area contributed by atoms with Crippen LogP contribution in [0.4, 0.5) is 0 Å². The second-order valence-electron chi connectivity index (χ2n) is 7.53. The van der Waals surface area contributed by atoms with E-state index in [1.807, 2.05) is 0 Å². The lowest BCUT2D eigenvalue weighted by Gasteiger charge is -2.47. The third-order valence-electron chi connectivity index (χ3n) is 5.93. The summed E-state index contributed by atoms with van der Waals surface area (Å²) in [7, 11) is 0. The van der Waals surface area contributed by atoms with Crippen LogP contribution in [0.5, 0.6) is 0 Å². The topological polar surface area (TPSA) is 51.3 Å². The van der Waals surface area contributed by atoms with Gasteiger partial charge in [0.05, 0.1) is 6.61 Å². The lowest BCUT2D eigenvalue weighted by Crippen LogP contribution is -2.56. The molecule has 2 aliphatic rings. The average molecular weight is 358 g/mol. The van der Waals surface area contributed by atoms with E-state index in [9.17, 15) is 5.11 Å². The number of aromatic amines is 1. The molecule has 0 bridgehead atoms. The number of benzene rings is 1. The van der Waals surface area contributed by atoms with Crippen LogP contribution < -0.4 is 5.32 Å². The van der Waals surface area contributed by atoms with E-state index in [0.717, 1.165) is 32.4 Å². The molecule has 25 heavy (non-hydrogen) atoms. The van der Waals surface area contributed by atoms with Crippen LogP contribution in [0, 0.1) is 6.92 Å². The summed E-state index contributed by atoms with van der Waals surface area (Å²) in [5, 5.41) is 14.1. The molecular weight excluding hydrogens is 330 g/mol. The Balaban J connectivity index is 1.74. The molecule has 0 saturated carbocycles. The van der Waals surface area contributed by atoms with Crippen molar-refractivity contribution in [1.82, 2.24) is 15.2 Å². The van der Waals surface area contributed by atoms with Crippen molar-refractivity contribution in [2.45, 2.75) is 51.1 Å². The lowest BCUT2D eigenvalue weighted by atomic mass is 9.73. The van der Waals surface area contributed by atoms with Crippen LogP contribution in [-0.2, 0) is 6.42 Å². The number of aliphatic hydroxyl groups excluding tert-OH is 1. The number of fused-ring (bicyclic) bond motifs is 2. The molecule has 1 aliphatic carbocycles. The summed E-state index contributed by atoms with van der Waals surface area (Å²) in [6.07, 6.45) is 3.36. The molecule has 134 valence electrons. The predicted molar refractivity (Wildman–Crippen MR) is 106 cm³/mol. The first-order valence-electron chi connectivity index (χ1n) is 9.36. The Morgan fingerprint density at radius 1 is 1.44 bits per heavy atom. The Kier molecular flexibility index (Phi) is 4.56. The molecule has 0 radical (unpaired) electrons. The largest absolute Gasteiger partial charge is 0.389 e. The molecule has 1 fully saturated rings. The molecule has 0 spiro atoms. The minimum Gasteiger partial charge on any atom is -0.389 e. The van der Waals surface area contributed by atoms with Crippen LogP contribution in [0.2, 0.25) is 0 Å². The Labute approximate surface area is 154 Å². The smallest absolute Gasteiger partial charge is 0.101 e. The first-order valence-corrected chi connectivity index (χ1v) is 9.77. The van der Waals surface area contributed by atoms with E-state index in [1.165, 1.54) is 27.7 Å². The number of hydrogen-bond acceptors (Lipinski definition) is 3. The number of rotatable bonds is 4. The third-order valence-corrected chi connectivity index (χ3v) is 6.18. The number of aryl methyl sites for hydroxylation is 1. The van der Waals surface area contributed by atoms with Crippen LogP contribution >= 0.6 is 12.2 Å². The van der Waals surface area contributed by atoms with Gasteiger partial charge in [-0.15, -0.1) is 0 Å². The zero-order valence-corrected chi connectivity index (χ0v) is 15.8. The number of thiocarbonyl (C=S) groups is 1. The Morgan fingerprint density at radius 3 is 3.04 bits per heavy atom. The summed E-state index contributed by atoms with van der Waals surface area (Å²) in [6.45, 7) is 6.51. The van der Waals surface area contributed by atoms with Crippen LogP contribution in [0.3, 0.4) is 0 Å². The van der Waals surface area contributed by atoms with Gasteiger partial charge in [-0.05, 0) is 49.9 Å². The van der Waals surface area contributed by atoms with Gasteiger partial charge in [0.15, 0.2) is 0 Å². The zero-order valence-electron chi connectivity index (χ0n) is 15.0. The molecule has 2 heterocycles. The summed E-state index contributed by atoms with van der Waals surface area (Å²) in [4.78, 5) is 6.78. The highest BCUT2D eigenvalue weighted by Gasteiger charge is 2.41. The van der Waals surface area contributed by atoms with E-state index in [0.29, 0.717) is 23.0 Å². The normalized spacial score (nSPS) is 25.8. The quantitative estimate of drug-likeness (QED) is 0.737. The van der Waals surface area contributed by atoms with E-state index in [4.69, 9.17) is 12.2 Å².